The van der Waals surface area contributed by atoms with Crippen molar-refractivity contribution in [3.05, 3.63) is 87.3 Å². The molecular weight excluding hydrogens is 536 g/mol. The van der Waals surface area contributed by atoms with Crippen molar-refractivity contribution < 1.29 is 26.2 Å². The summed E-state index contributed by atoms with van der Waals surface area (Å²) in [6, 6.07) is 11.4. The fourth-order valence-electron chi connectivity index (χ4n) is 3.99. The Morgan fingerprint density at radius 3 is 2.26 bits per heavy atom. The van der Waals surface area contributed by atoms with E-state index in [1.807, 2.05) is 18.0 Å². The predicted octanol–water partition coefficient (Wildman–Crippen LogP) is 3.81. The highest BCUT2D eigenvalue weighted by Crippen LogP contribution is 2.27. The third kappa shape index (κ3) is 6.74. The highest BCUT2D eigenvalue weighted by Gasteiger charge is 2.21. The summed E-state index contributed by atoms with van der Waals surface area (Å²) in [4.78, 5) is 26.7. The average Bonchev–Trinajstić information content (AvgIpc) is 2.81. The SMILES string of the molecule is C=S(=O)(NS(C)(=O)=O)c1ccc(CNC(=O)c2cn(C(C)C)c(C)c(-c3cccc(C(F)F)c3)c2=O)cc1. The van der Waals surface area contributed by atoms with Crippen LogP contribution in [-0.4, -0.2) is 35.2 Å². The molecule has 2 N–H and O–H groups in total. The van der Waals surface area contributed by atoms with Crippen molar-refractivity contribution in [2.24, 2.45) is 0 Å². The topological polar surface area (TPSA) is 114 Å². The molecule has 12 heteroatoms. The molecule has 2 aromatic carbocycles. The Kier molecular flexibility index (Phi) is 8.59. The lowest BCUT2D eigenvalue weighted by atomic mass is 9.98. The molecule has 1 heterocycles. The lowest BCUT2D eigenvalue weighted by Crippen LogP contribution is -2.31. The Labute approximate surface area is 220 Å². The molecule has 0 aliphatic carbocycles. The van der Waals surface area contributed by atoms with Gasteiger partial charge in [-0.1, -0.05) is 30.3 Å². The fourth-order valence-corrected chi connectivity index (χ4v) is 6.90. The quantitative estimate of drug-likeness (QED) is 0.383. The van der Waals surface area contributed by atoms with Gasteiger partial charge in [0.1, 0.15) is 5.56 Å². The molecule has 0 saturated heterocycles. The number of pyridine rings is 1. The van der Waals surface area contributed by atoms with Gasteiger partial charge in [0.15, 0.2) is 0 Å². The van der Waals surface area contributed by atoms with E-state index in [9.17, 15) is 31.0 Å². The van der Waals surface area contributed by atoms with Crippen LogP contribution in [-0.2, 0) is 26.3 Å². The van der Waals surface area contributed by atoms with Gasteiger partial charge >= 0.3 is 0 Å². The standard InChI is InChI=1S/C26H29F2N3O5S2/c1-16(2)31-15-22(24(32)23(17(31)3)19-7-6-8-20(13-19)25(27)28)26(33)29-14-18-9-11-21(12-10-18)37(4,34)30-38(5,35)36/h6-13,15-16,25H,4,14H2,1-3,5H3,(H,29,33)(H,30,34). The number of nitrogens with zero attached hydrogens (tertiary/aromatic N) is 1. The lowest BCUT2D eigenvalue weighted by molar-refractivity contribution is 0.0949. The zero-order chi connectivity index (χ0) is 28.4. The third-order valence-electron chi connectivity index (χ3n) is 5.76. The zero-order valence-electron chi connectivity index (χ0n) is 21.3. The molecule has 1 unspecified atom stereocenters. The first-order chi connectivity index (χ1) is 17.6. The number of carbonyl (C=O) groups is 1. The van der Waals surface area contributed by atoms with E-state index in [-0.39, 0.29) is 34.2 Å². The normalized spacial score (nSPS) is 13.5. The summed E-state index contributed by atoms with van der Waals surface area (Å²) in [5, 5.41) is 2.68. The smallest absolute Gasteiger partial charge is 0.263 e. The van der Waals surface area contributed by atoms with Crippen LogP contribution in [0.3, 0.4) is 0 Å². The van der Waals surface area contributed by atoms with Gasteiger partial charge in [-0.15, -0.1) is 4.13 Å². The van der Waals surface area contributed by atoms with Crippen molar-refractivity contribution in [2.45, 2.75) is 44.7 Å². The number of benzene rings is 2. The third-order valence-corrected chi connectivity index (χ3v) is 9.08. The monoisotopic (exact) mass is 565 g/mol. The van der Waals surface area contributed by atoms with E-state index in [1.165, 1.54) is 36.5 Å². The summed E-state index contributed by atoms with van der Waals surface area (Å²) in [5.74, 6) is 2.79. The van der Waals surface area contributed by atoms with Crippen LogP contribution < -0.4 is 14.9 Å². The minimum Gasteiger partial charge on any atom is -0.348 e. The minimum absolute atomic E-state index is 0.0160. The second kappa shape index (κ2) is 11.2. The Hall–Kier alpha value is -3.35. The summed E-state index contributed by atoms with van der Waals surface area (Å²) in [6.45, 7) is 5.47. The maximum atomic E-state index is 13.4. The van der Waals surface area contributed by atoms with Crippen molar-refractivity contribution in [3.8, 4) is 11.1 Å². The van der Waals surface area contributed by atoms with Gasteiger partial charge in [0.2, 0.25) is 15.5 Å². The number of amides is 1. The van der Waals surface area contributed by atoms with Crippen LogP contribution in [0.4, 0.5) is 8.78 Å². The largest absolute Gasteiger partial charge is 0.348 e. The van der Waals surface area contributed by atoms with Crippen LogP contribution in [0, 0.1) is 6.92 Å². The minimum atomic E-state index is -3.75. The number of carbonyl (C=O) groups excluding carboxylic acids is 1. The second-order valence-electron chi connectivity index (χ2n) is 9.12. The number of rotatable bonds is 9. The van der Waals surface area contributed by atoms with Gasteiger partial charge in [-0.3, -0.25) is 9.59 Å². The van der Waals surface area contributed by atoms with Crippen LogP contribution >= 0.6 is 0 Å². The lowest BCUT2D eigenvalue weighted by Gasteiger charge is -2.20. The summed E-state index contributed by atoms with van der Waals surface area (Å²) in [7, 11) is -7.04. The molecule has 0 radical (unpaired) electrons. The van der Waals surface area contributed by atoms with Crippen LogP contribution in [0.2, 0.25) is 0 Å². The maximum Gasteiger partial charge on any atom is 0.263 e. The maximum absolute atomic E-state index is 13.4. The van der Waals surface area contributed by atoms with Gasteiger partial charge in [-0.05, 0) is 56.0 Å². The Morgan fingerprint density at radius 2 is 1.71 bits per heavy atom. The molecule has 0 spiro atoms. The Balaban J connectivity index is 1.92. The highest BCUT2D eigenvalue weighted by atomic mass is 32.3. The van der Waals surface area contributed by atoms with Gasteiger partial charge in [-0.2, -0.15) is 0 Å². The number of hydrogen-bond acceptors (Lipinski definition) is 5. The molecule has 0 bridgehead atoms. The van der Waals surface area contributed by atoms with Crippen molar-refractivity contribution in [1.29, 1.82) is 0 Å². The van der Waals surface area contributed by atoms with Crippen molar-refractivity contribution in [3.63, 3.8) is 0 Å². The summed E-state index contributed by atoms with van der Waals surface area (Å²) in [5.41, 5.74) is 0.652. The Bertz CT molecular complexity index is 1630. The summed E-state index contributed by atoms with van der Waals surface area (Å²) in [6.07, 6.45) is -0.378. The van der Waals surface area contributed by atoms with Gasteiger partial charge < -0.3 is 9.88 Å². The van der Waals surface area contributed by atoms with Crippen LogP contribution in [0.5, 0.6) is 0 Å². The molecular formula is C26H29F2N3O5S2. The summed E-state index contributed by atoms with van der Waals surface area (Å²) < 4.78 is 65.8. The number of hydrogen-bond donors (Lipinski definition) is 2. The van der Waals surface area contributed by atoms with Crippen LogP contribution in [0.1, 0.15) is 53.5 Å². The van der Waals surface area contributed by atoms with E-state index in [2.05, 4.69) is 11.2 Å². The highest BCUT2D eigenvalue weighted by molar-refractivity contribution is 8.09. The molecule has 204 valence electrons. The molecule has 8 nitrogen and oxygen atoms in total. The molecule has 0 fully saturated rings. The van der Waals surface area contributed by atoms with Gasteiger partial charge in [0, 0.05) is 40.5 Å². The van der Waals surface area contributed by atoms with Gasteiger partial charge in [0.05, 0.1) is 16.0 Å². The van der Waals surface area contributed by atoms with Gasteiger partial charge in [0.25, 0.3) is 12.3 Å². The molecule has 38 heavy (non-hydrogen) atoms. The van der Waals surface area contributed by atoms with E-state index >= 15 is 0 Å². The molecule has 3 rings (SSSR count). The average molecular weight is 566 g/mol. The Morgan fingerprint density at radius 1 is 1.08 bits per heavy atom. The summed E-state index contributed by atoms with van der Waals surface area (Å²) >= 11 is 0. The molecule has 1 atom stereocenters. The zero-order valence-corrected chi connectivity index (χ0v) is 23.0. The first kappa shape index (κ1) is 29.2. The number of aromatic nitrogens is 1. The van der Waals surface area contributed by atoms with E-state index in [0.29, 0.717) is 16.8 Å². The number of sulfonamides is 1. The molecule has 0 aliphatic heterocycles. The molecule has 0 saturated carbocycles. The van der Waals surface area contributed by atoms with E-state index in [4.69, 9.17) is 0 Å². The van der Waals surface area contributed by atoms with Gasteiger partial charge in [-0.25, -0.2) is 21.4 Å². The number of nitrogens with one attached hydrogen (secondary N) is 2. The molecule has 3 aromatic rings. The van der Waals surface area contributed by atoms with E-state index in [0.717, 1.165) is 6.26 Å². The van der Waals surface area contributed by atoms with Crippen molar-refractivity contribution >= 4 is 31.5 Å². The second-order valence-corrected chi connectivity index (χ2v) is 13.1. The molecule has 1 aromatic heterocycles. The predicted molar refractivity (Wildman–Crippen MR) is 145 cm³/mol. The van der Waals surface area contributed by atoms with Crippen LogP contribution in [0.25, 0.3) is 11.1 Å². The van der Waals surface area contributed by atoms with Crippen LogP contribution in [0.15, 0.2) is 64.4 Å². The van der Waals surface area contributed by atoms with E-state index in [1.54, 1.807) is 29.7 Å². The van der Waals surface area contributed by atoms with Crippen molar-refractivity contribution in [2.75, 3.05) is 6.26 Å². The number of alkyl halides is 2. The first-order valence-corrected chi connectivity index (χ1v) is 15.1. The van der Waals surface area contributed by atoms with Crippen molar-refractivity contribution in [1.82, 2.24) is 14.0 Å². The van der Waals surface area contributed by atoms with E-state index < -0.39 is 37.5 Å². The first-order valence-electron chi connectivity index (χ1n) is 11.5. The number of halogens is 2. The fraction of sp³-hybridized carbons (Fsp3) is 0.269. The molecule has 1 amide bonds. The molecule has 0 aliphatic rings.